The first-order valence-corrected chi connectivity index (χ1v) is 8.27. The van der Waals surface area contributed by atoms with Crippen LogP contribution < -0.4 is 4.72 Å². The van der Waals surface area contributed by atoms with Crippen molar-refractivity contribution in [2.24, 2.45) is 0 Å². The Morgan fingerprint density at radius 3 is 2.84 bits per heavy atom. The third kappa shape index (κ3) is 3.53. The van der Waals surface area contributed by atoms with E-state index in [1.54, 1.807) is 6.92 Å². The van der Waals surface area contributed by atoms with Crippen LogP contribution in [-0.4, -0.2) is 27.2 Å². The molecule has 0 aromatic heterocycles. The predicted molar refractivity (Wildman–Crippen MR) is 72.9 cm³/mol. The van der Waals surface area contributed by atoms with Crippen LogP contribution >= 0.6 is 15.9 Å². The fraction of sp³-hybridized carbons (Fsp3) is 0.500. The molecule has 0 aliphatic carbocycles. The maximum atomic E-state index is 13.0. The molecule has 1 saturated heterocycles. The fourth-order valence-electron chi connectivity index (χ4n) is 2.07. The first kappa shape index (κ1) is 14.9. The minimum absolute atomic E-state index is 0.0266. The minimum atomic E-state index is -3.69. The van der Waals surface area contributed by atoms with E-state index < -0.39 is 15.8 Å². The van der Waals surface area contributed by atoms with Crippen LogP contribution in [0.5, 0.6) is 0 Å². The second-order valence-electron chi connectivity index (χ2n) is 4.54. The van der Waals surface area contributed by atoms with Crippen molar-refractivity contribution < 1.29 is 17.5 Å². The molecule has 4 nitrogen and oxygen atoms in total. The Labute approximate surface area is 120 Å². The van der Waals surface area contributed by atoms with E-state index in [2.05, 4.69) is 20.7 Å². The zero-order valence-electron chi connectivity index (χ0n) is 10.4. The SMILES string of the molecule is CC(NS(=O)(=O)c1ccc(F)cc1Br)C1CCCO1. The molecular weight excluding hydrogens is 337 g/mol. The van der Waals surface area contributed by atoms with Gasteiger partial charge in [0.25, 0.3) is 0 Å². The maximum absolute atomic E-state index is 13.0. The summed E-state index contributed by atoms with van der Waals surface area (Å²) in [5.74, 6) is -0.488. The van der Waals surface area contributed by atoms with E-state index in [-0.39, 0.29) is 21.5 Å². The lowest BCUT2D eigenvalue weighted by Gasteiger charge is -2.20. The molecule has 2 rings (SSSR count). The van der Waals surface area contributed by atoms with Crippen LogP contribution in [0.4, 0.5) is 4.39 Å². The molecule has 1 N–H and O–H groups in total. The molecule has 19 heavy (non-hydrogen) atoms. The Morgan fingerprint density at radius 2 is 2.26 bits per heavy atom. The highest BCUT2D eigenvalue weighted by atomic mass is 79.9. The van der Waals surface area contributed by atoms with Gasteiger partial charge in [0.1, 0.15) is 5.82 Å². The van der Waals surface area contributed by atoms with Gasteiger partial charge in [0.2, 0.25) is 10.0 Å². The molecule has 1 aromatic rings. The van der Waals surface area contributed by atoms with E-state index >= 15 is 0 Å². The van der Waals surface area contributed by atoms with Crippen LogP contribution in [0.1, 0.15) is 19.8 Å². The van der Waals surface area contributed by atoms with Crippen molar-refractivity contribution in [2.75, 3.05) is 6.61 Å². The van der Waals surface area contributed by atoms with Gasteiger partial charge in [-0.2, -0.15) is 0 Å². The Balaban J connectivity index is 2.17. The van der Waals surface area contributed by atoms with Crippen LogP contribution in [-0.2, 0) is 14.8 Å². The molecule has 2 unspecified atom stereocenters. The molecule has 106 valence electrons. The molecule has 0 spiro atoms. The van der Waals surface area contributed by atoms with Gasteiger partial charge in [0.15, 0.2) is 0 Å². The quantitative estimate of drug-likeness (QED) is 0.906. The number of nitrogens with one attached hydrogen (secondary N) is 1. The standard InChI is InChI=1S/C12H15BrFNO3S/c1-8(11-3-2-6-18-11)15-19(16,17)12-5-4-9(14)7-10(12)13/h4-5,7-8,11,15H,2-3,6H2,1H3. The van der Waals surface area contributed by atoms with E-state index in [0.29, 0.717) is 6.61 Å². The van der Waals surface area contributed by atoms with Crippen molar-refractivity contribution in [3.8, 4) is 0 Å². The average molecular weight is 352 g/mol. The summed E-state index contributed by atoms with van der Waals surface area (Å²) in [7, 11) is -3.69. The molecule has 0 bridgehead atoms. The van der Waals surface area contributed by atoms with Gasteiger partial charge in [-0.25, -0.2) is 17.5 Å². The summed E-state index contributed by atoms with van der Waals surface area (Å²) in [6, 6.07) is 3.18. The number of halogens is 2. The van der Waals surface area contributed by atoms with Gasteiger partial charge in [-0.1, -0.05) is 0 Å². The van der Waals surface area contributed by atoms with Crippen LogP contribution in [0.15, 0.2) is 27.6 Å². The van der Waals surface area contributed by atoms with E-state index in [1.807, 2.05) is 0 Å². The summed E-state index contributed by atoms with van der Waals surface area (Å²) in [6.07, 6.45) is 1.68. The molecule has 1 heterocycles. The summed E-state index contributed by atoms with van der Waals surface area (Å²) in [6.45, 7) is 2.43. The number of rotatable bonds is 4. The Hall–Kier alpha value is -0.500. The van der Waals surface area contributed by atoms with Crippen LogP contribution in [0.3, 0.4) is 0 Å². The lowest BCUT2D eigenvalue weighted by atomic mass is 10.1. The van der Waals surface area contributed by atoms with E-state index in [9.17, 15) is 12.8 Å². The lowest BCUT2D eigenvalue weighted by Crippen LogP contribution is -2.40. The Kier molecular flexibility index (Phi) is 4.60. The van der Waals surface area contributed by atoms with E-state index in [4.69, 9.17) is 4.74 Å². The van der Waals surface area contributed by atoms with Gasteiger partial charge in [0.05, 0.1) is 11.0 Å². The molecule has 0 amide bonds. The molecule has 0 saturated carbocycles. The highest BCUT2D eigenvalue weighted by molar-refractivity contribution is 9.10. The van der Waals surface area contributed by atoms with Crippen LogP contribution in [0.25, 0.3) is 0 Å². The summed E-state index contributed by atoms with van der Waals surface area (Å²) in [4.78, 5) is 0.0266. The predicted octanol–water partition coefficient (Wildman–Crippen LogP) is 2.43. The monoisotopic (exact) mass is 351 g/mol. The van der Waals surface area contributed by atoms with Crippen molar-refractivity contribution in [1.29, 1.82) is 0 Å². The summed E-state index contributed by atoms with van der Waals surface area (Å²) < 4.78 is 45.6. The third-order valence-electron chi connectivity index (χ3n) is 3.05. The molecule has 2 atom stereocenters. The summed E-state index contributed by atoms with van der Waals surface area (Å²) in [5, 5.41) is 0. The molecular formula is C12H15BrFNO3S. The normalized spacial score (nSPS) is 21.5. The van der Waals surface area contributed by atoms with E-state index in [0.717, 1.165) is 25.0 Å². The molecule has 1 aromatic carbocycles. The lowest BCUT2D eigenvalue weighted by molar-refractivity contribution is 0.0902. The highest BCUT2D eigenvalue weighted by Gasteiger charge is 2.27. The Bertz CT molecular complexity index is 558. The van der Waals surface area contributed by atoms with E-state index in [1.165, 1.54) is 6.07 Å². The van der Waals surface area contributed by atoms with Crippen LogP contribution in [0.2, 0.25) is 0 Å². The molecule has 0 radical (unpaired) electrons. The van der Waals surface area contributed by atoms with Crippen molar-refractivity contribution in [2.45, 2.75) is 36.8 Å². The van der Waals surface area contributed by atoms with Gasteiger partial charge < -0.3 is 4.74 Å². The largest absolute Gasteiger partial charge is 0.377 e. The van der Waals surface area contributed by atoms with Gasteiger partial charge in [-0.05, 0) is 53.9 Å². The van der Waals surface area contributed by atoms with Crippen molar-refractivity contribution in [1.82, 2.24) is 4.72 Å². The van der Waals surface area contributed by atoms with Crippen molar-refractivity contribution in [3.63, 3.8) is 0 Å². The molecule has 1 fully saturated rings. The molecule has 7 heteroatoms. The average Bonchev–Trinajstić information content (AvgIpc) is 2.80. The second-order valence-corrected chi connectivity index (χ2v) is 7.07. The molecule has 1 aliphatic heterocycles. The number of hydrogen-bond acceptors (Lipinski definition) is 3. The third-order valence-corrected chi connectivity index (χ3v) is 5.58. The number of hydrogen-bond donors (Lipinski definition) is 1. The van der Waals surface area contributed by atoms with Gasteiger partial charge in [-0.3, -0.25) is 0 Å². The maximum Gasteiger partial charge on any atom is 0.242 e. The minimum Gasteiger partial charge on any atom is -0.377 e. The number of ether oxygens (including phenoxy) is 1. The smallest absolute Gasteiger partial charge is 0.242 e. The zero-order valence-corrected chi connectivity index (χ0v) is 12.8. The first-order valence-electron chi connectivity index (χ1n) is 5.99. The van der Waals surface area contributed by atoms with Gasteiger partial charge in [0, 0.05) is 17.1 Å². The second kappa shape index (κ2) is 5.87. The molecule has 1 aliphatic rings. The van der Waals surface area contributed by atoms with Crippen molar-refractivity contribution in [3.05, 3.63) is 28.5 Å². The first-order chi connectivity index (χ1) is 8.90. The number of benzene rings is 1. The summed E-state index contributed by atoms with van der Waals surface area (Å²) in [5.41, 5.74) is 0. The zero-order chi connectivity index (χ0) is 14.0. The van der Waals surface area contributed by atoms with Crippen molar-refractivity contribution >= 4 is 26.0 Å². The summed E-state index contributed by atoms with van der Waals surface area (Å²) >= 11 is 3.07. The highest BCUT2D eigenvalue weighted by Crippen LogP contribution is 2.24. The van der Waals surface area contributed by atoms with Crippen LogP contribution in [0, 0.1) is 5.82 Å². The topological polar surface area (TPSA) is 55.4 Å². The van der Waals surface area contributed by atoms with Gasteiger partial charge >= 0.3 is 0 Å². The van der Waals surface area contributed by atoms with Gasteiger partial charge in [-0.15, -0.1) is 0 Å². The fourth-order valence-corrected chi connectivity index (χ4v) is 4.40. The Morgan fingerprint density at radius 1 is 1.53 bits per heavy atom. The number of sulfonamides is 1.